The summed E-state index contributed by atoms with van der Waals surface area (Å²) in [5.74, 6) is 0.549. The van der Waals surface area contributed by atoms with Crippen LogP contribution in [0.2, 0.25) is 0 Å². The molecule has 3 rings (SSSR count). The molecule has 2 aromatic heterocycles. The van der Waals surface area contributed by atoms with E-state index in [1.807, 2.05) is 30.3 Å². The molecule has 3 aromatic rings. The number of nitrogens with two attached hydrogens (primary N) is 1. The van der Waals surface area contributed by atoms with Gasteiger partial charge in [0.2, 0.25) is 0 Å². The Bertz CT molecular complexity index is 659. The summed E-state index contributed by atoms with van der Waals surface area (Å²) in [4.78, 5) is 8.75. The Morgan fingerprint density at radius 1 is 1.05 bits per heavy atom. The van der Waals surface area contributed by atoms with Gasteiger partial charge in [0.05, 0.1) is 10.7 Å². The van der Waals surface area contributed by atoms with Gasteiger partial charge in [-0.2, -0.15) is 0 Å². The smallest absolute Gasteiger partial charge is 0.123 e. The highest BCUT2D eigenvalue weighted by Gasteiger charge is 2.05. The van der Waals surface area contributed by atoms with Crippen molar-refractivity contribution in [2.75, 3.05) is 5.73 Å². The van der Waals surface area contributed by atoms with Gasteiger partial charge in [-0.05, 0) is 11.6 Å². The van der Waals surface area contributed by atoms with Gasteiger partial charge in [0, 0.05) is 23.6 Å². The highest BCUT2D eigenvalue weighted by atomic mass is 32.1. The largest absolute Gasteiger partial charge is 0.384 e. The Kier molecular flexibility index (Phi) is 3.25. The van der Waals surface area contributed by atoms with Gasteiger partial charge in [0.25, 0.3) is 0 Å². The van der Waals surface area contributed by atoms with Gasteiger partial charge in [0.1, 0.15) is 5.82 Å². The monoisotopic (exact) mass is 267 g/mol. The summed E-state index contributed by atoms with van der Waals surface area (Å²) in [5, 5.41) is 3.18. The number of hydrogen-bond donors (Lipinski definition) is 1. The Morgan fingerprint density at radius 3 is 2.63 bits per heavy atom. The summed E-state index contributed by atoms with van der Waals surface area (Å²) in [6.45, 7) is 0. The predicted octanol–water partition coefficient (Wildman–Crippen LogP) is 3.38. The molecule has 0 radical (unpaired) electrons. The number of thiazole rings is 1. The molecule has 0 atom stereocenters. The maximum absolute atomic E-state index is 5.58. The number of benzene rings is 1. The number of hydrogen-bond acceptors (Lipinski definition) is 4. The van der Waals surface area contributed by atoms with Gasteiger partial charge in [-0.25, -0.2) is 9.97 Å². The number of aromatic nitrogens is 2. The van der Waals surface area contributed by atoms with Crippen LogP contribution in [-0.2, 0) is 6.42 Å². The molecule has 3 nitrogen and oxygen atoms in total. The number of pyridine rings is 1. The van der Waals surface area contributed by atoms with E-state index in [4.69, 9.17) is 5.73 Å². The number of nitrogen functional groups attached to an aromatic ring is 1. The lowest BCUT2D eigenvalue weighted by atomic mass is 10.2. The van der Waals surface area contributed by atoms with E-state index >= 15 is 0 Å². The molecule has 19 heavy (non-hydrogen) atoms. The van der Waals surface area contributed by atoms with E-state index in [-0.39, 0.29) is 0 Å². The van der Waals surface area contributed by atoms with Crippen LogP contribution in [0.3, 0.4) is 0 Å². The van der Waals surface area contributed by atoms with E-state index in [0.29, 0.717) is 5.82 Å². The Morgan fingerprint density at radius 2 is 1.89 bits per heavy atom. The molecule has 2 heterocycles. The number of rotatable bonds is 3. The zero-order valence-electron chi connectivity index (χ0n) is 10.3. The predicted molar refractivity (Wildman–Crippen MR) is 79.0 cm³/mol. The highest BCUT2D eigenvalue weighted by Crippen LogP contribution is 2.23. The summed E-state index contributed by atoms with van der Waals surface area (Å²) in [6, 6.07) is 14.0. The zero-order chi connectivity index (χ0) is 13.1. The van der Waals surface area contributed by atoms with Gasteiger partial charge in [0.15, 0.2) is 0 Å². The normalized spacial score (nSPS) is 10.5. The molecular formula is C15H13N3S. The Balaban J connectivity index is 1.80. The Labute approximate surface area is 115 Å². The van der Waals surface area contributed by atoms with E-state index in [9.17, 15) is 0 Å². The molecule has 0 saturated carbocycles. The molecule has 0 bridgehead atoms. The standard InChI is InChI=1S/C15H13N3S/c16-14-7-6-11(9-17-14)8-15-18-13(10-19-15)12-4-2-1-3-5-12/h1-7,9-10H,8H2,(H2,16,17). The van der Waals surface area contributed by atoms with Crippen molar-refractivity contribution >= 4 is 17.2 Å². The SMILES string of the molecule is Nc1ccc(Cc2nc(-c3ccccc3)cs2)cn1. The van der Waals surface area contributed by atoms with Crippen LogP contribution in [0.15, 0.2) is 54.0 Å². The van der Waals surface area contributed by atoms with E-state index in [1.165, 1.54) is 0 Å². The highest BCUT2D eigenvalue weighted by molar-refractivity contribution is 7.10. The first-order valence-corrected chi connectivity index (χ1v) is 6.89. The van der Waals surface area contributed by atoms with Crippen molar-refractivity contribution in [1.29, 1.82) is 0 Å². The average molecular weight is 267 g/mol. The number of anilines is 1. The van der Waals surface area contributed by atoms with E-state index in [2.05, 4.69) is 27.5 Å². The van der Waals surface area contributed by atoms with Crippen LogP contribution in [0.5, 0.6) is 0 Å². The summed E-state index contributed by atoms with van der Waals surface area (Å²) < 4.78 is 0. The van der Waals surface area contributed by atoms with Crippen LogP contribution in [0.4, 0.5) is 5.82 Å². The van der Waals surface area contributed by atoms with Gasteiger partial charge in [-0.1, -0.05) is 36.4 Å². The van der Waals surface area contributed by atoms with Crippen LogP contribution in [-0.4, -0.2) is 9.97 Å². The van der Waals surface area contributed by atoms with Gasteiger partial charge in [-0.15, -0.1) is 11.3 Å². The lowest BCUT2D eigenvalue weighted by Gasteiger charge is -1.98. The first-order valence-electron chi connectivity index (χ1n) is 6.01. The molecule has 0 saturated heterocycles. The van der Waals surface area contributed by atoms with E-state index in [1.54, 1.807) is 17.5 Å². The fourth-order valence-corrected chi connectivity index (χ4v) is 2.69. The molecule has 0 aliphatic rings. The van der Waals surface area contributed by atoms with Crippen molar-refractivity contribution in [1.82, 2.24) is 9.97 Å². The molecule has 0 aliphatic carbocycles. The molecule has 0 aliphatic heterocycles. The maximum Gasteiger partial charge on any atom is 0.123 e. The maximum atomic E-state index is 5.58. The van der Waals surface area contributed by atoms with Crippen molar-refractivity contribution < 1.29 is 0 Å². The summed E-state index contributed by atoms with van der Waals surface area (Å²) in [7, 11) is 0. The molecule has 0 amide bonds. The van der Waals surface area contributed by atoms with Crippen LogP contribution < -0.4 is 5.73 Å². The minimum absolute atomic E-state index is 0.549. The molecule has 0 fully saturated rings. The van der Waals surface area contributed by atoms with Crippen LogP contribution in [0.1, 0.15) is 10.6 Å². The first-order chi connectivity index (χ1) is 9.31. The number of nitrogens with zero attached hydrogens (tertiary/aromatic N) is 2. The molecule has 0 spiro atoms. The lowest BCUT2D eigenvalue weighted by molar-refractivity contribution is 1.11. The first kappa shape index (κ1) is 11.9. The van der Waals surface area contributed by atoms with Crippen molar-refractivity contribution in [2.24, 2.45) is 0 Å². The van der Waals surface area contributed by atoms with Gasteiger partial charge in [-0.3, -0.25) is 0 Å². The second-order valence-corrected chi connectivity index (χ2v) is 5.20. The van der Waals surface area contributed by atoms with Gasteiger partial charge < -0.3 is 5.73 Å². The molecule has 2 N–H and O–H groups in total. The van der Waals surface area contributed by atoms with E-state index in [0.717, 1.165) is 28.2 Å². The third kappa shape index (κ3) is 2.80. The minimum Gasteiger partial charge on any atom is -0.384 e. The lowest BCUT2D eigenvalue weighted by Crippen LogP contribution is -1.92. The second-order valence-electron chi connectivity index (χ2n) is 4.26. The molecule has 4 heteroatoms. The Hall–Kier alpha value is -2.20. The zero-order valence-corrected chi connectivity index (χ0v) is 11.1. The third-order valence-corrected chi connectivity index (χ3v) is 3.67. The van der Waals surface area contributed by atoms with Gasteiger partial charge >= 0.3 is 0 Å². The van der Waals surface area contributed by atoms with Crippen LogP contribution >= 0.6 is 11.3 Å². The quantitative estimate of drug-likeness (QED) is 0.791. The van der Waals surface area contributed by atoms with Crippen molar-refractivity contribution in [3.63, 3.8) is 0 Å². The second kappa shape index (κ2) is 5.20. The topological polar surface area (TPSA) is 51.8 Å². The molecule has 1 aromatic carbocycles. The molecule has 0 unspecified atom stereocenters. The summed E-state index contributed by atoms with van der Waals surface area (Å²) >= 11 is 1.67. The fourth-order valence-electron chi connectivity index (χ4n) is 1.85. The molecule has 94 valence electrons. The third-order valence-electron chi connectivity index (χ3n) is 2.82. The minimum atomic E-state index is 0.549. The fraction of sp³-hybridized carbons (Fsp3) is 0.0667. The van der Waals surface area contributed by atoms with Crippen LogP contribution in [0, 0.1) is 0 Å². The van der Waals surface area contributed by atoms with Crippen molar-refractivity contribution in [3.8, 4) is 11.3 Å². The van der Waals surface area contributed by atoms with E-state index < -0.39 is 0 Å². The summed E-state index contributed by atoms with van der Waals surface area (Å²) in [6.07, 6.45) is 2.60. The van der Waals surface area contributed by atoms with Crippen LogP contribution in [0.25, 0.3) is 11.3 Å². The summed E-state index contributed by atoms with van der Waals surface area (Å²) in [5.41, 5.74) is 8.89. The average Bonchev–Trinajstić information content (AvgIpc) is 2.91. The van der Waals surface area contributed by atoms with Crippen molar-refractivity contribution in [2.45, 2.75) is 6.42 Å². The van der Waals surface area contributed by atoms with Crippen molar-refractivity contribution in [3.05, 3.63) is 64.6 Å². The molecular weight excluding hydrogens is 254 g/mol.